The molecular weight excluding hydrogens is 391 g/mol. The monoisotopic (exact) mass is 409 g/mol. The van der Waals surface area contributed by atoms with E-state index >= 15 is 0 Å². The Morgan fingerprint density at radius 3 is 2.71 bits per heavy atom. The molecule has 0 saturated carbocycles. The number of ether oxygens (including phenoxy) is 1. The highest BCUT2D eigenvalue weighted by atomic mass is 32.2. The van der Waals surface area contributed by atoms with Crippen molar-refractivity contribution in [1.82, 2.24) is 10.3 Å². The van der Waals surface area contributed by atoms with E-state index in [1.54, 1.807) is 13.2 Å². The molecule has 1 amide bonds. The fourth-order valence-corrected chi connectivity index (χ4v) is 3.39. The molecule has 148 valence electrons. The molecule has 0 aliphatic carbocycles. The molecule has 1 aromatic heterocycles. The van der Waals surface area contributed by atoms with Crippen LogP contribution >= 0.6 is 11.8 Å². The number of nitrogens with one attached hydrogen (secondary N) is 1. The van der Waals surface area contributed by atoms with Crippen molar-refractivity contribution < 1.29 is 22.7 Å². The number of nitriles is 1. The maximum Gasteiger partial charge on any atom is 0.417 e. The molecule has 1 N–H and O–H groups in total. The van der Waals surface area contributed by atoms with Crippen LogP contribution in [0.25, 0.3) is 0 Å². The van der Waals surface area contributed by atoms with E-state index in [9.17, 15) is 18.0 Å². The van der Waals surface area contributed by atoms with Crippen LogP contribution in [0, 0.1) is 18.3 Å². The van der Waals surface area contributed by atoms with E-state index in [2.05, 4.69) is 10.3 Å². The number of aryl methyl sites for hydroxylation is 1. The van der Waals surface area contributed by atoms with Gasteiger partial charge in [-0.1, -0.05) is 30.0 Å². The number of amides is 1. The summed E-state index contributed by atoms with van der Waals surface area (Å²) in [5.74, 6) is 0.211. The molecule has 0 saturated heterocycles. The first-order valence-corrected chi connectivity index (χ1v) is 9.25. The Hall–Kier alpha value is -2.73. The second-order valence-electron chi connectivity index (χ2n) is 5.80. The van der Waals surface area contributed by atoms with Gasteiger partial charge in [-0.3, -0.25) is 4.79 Å². The van der Waals surface area contributed by atoms with Crippen LogP contribution in [0.5, 0.6) is 5.75 Å². The molecule has 0 bridgehead atoms. The number of para-hydroxylation sites is 1. The normalized spacial score (nSPS) is 11.0. The highest BCUT2D eigenvalue weighted by molar-refractivity contribution is 8.00. The molecule has 1 heterocycles. The number of alkyl halides is 3. The smallest absolute Gasteiger partial charge is 0.417 e. The SMILES string of the molecule is COc1ccccc1CCNC(=O)CSc1nc(C)cc(C(F)(F)F)c1C#N. The number of aromatic nitrogens is 1. The van der Waals surface area contributed by atoms with Gasteiger partial charge in [0.2, 0.25) is 5.91 Å². The third kappa shape index (κ3) is 5.63. The van der Waals surface area contributed by atoms with Gasteiger partial charge in [0.15, 0.2) is 0 Å². The van der Waals surface area contributed by atoms with Gasteiger partial charge in [0.25, 0.3) is 0 Å². The summed E-state index contributed by atoms with van der Waals surface area (Å²) in [4.78, 5) is 16.0. The second kappa shape index (κ2) is 9.46. The molecule has 2 rings (SSSR count). The fourth-order valence-electron chi connectivity index (χ4n) is 2.51. The maximum atomic E-state index is 13.1. The largest absolute Gasteiger partial charge is 0.496 e. The van der Waals surface area contributed by atoms with Crippen molar-refractivity contribution in [3.63, 3.8) is 0 Å². The van der Waals surface area contributed by atoms with E-state index in [1.807, 2.05) is 24.3 Å². The lowest BCUT2D eigenvalue weighted by Crippen LogP contribution is -2.27. The Morgan fingerprint density at radius 1 is 1.36 bits per heavy atom. The van der Waals surface area contributed by atoms with Gasteiger partial charge in [0.1, 0.15) is 16.8 Å². The summed E-state index contributed by atoms with van der Waals surface area (Å²) in [6.07, 6.45) is -4.12. The van der Waals surface area contributed by atoms with Crippen molar-refractivity contribution in [2.75, 3.05) is 19.4 Å². The fraction of sp³-hybridized carbons (Fsp3) is 0.316. The third-order valence-electron chi connectivity index (χ3n) is 3.78. The molecule has 1 aromatic carbocycles. The summed E-state index contributed by atoms with van der Waals surface area (Å²) in [6, 6.07) is 9.78. The molecule has 0 atom stereocenters. The zero-order chi connectivity index (χ0) is 20.7. The maximum absolute atomic E-state index is 13.1. The zero-order valence-electron chi connectivity index (χ0n) is 15.3. The van der Waals surface area contributed by atoms with Crippen molar-refractivity contribution >= 4 is 17.7 Å². The van der Waals surface area contributed by atoms with Gasteiger partial charge in [-0.25, -0.2) is 4.98 Å². The van der Waals surface area contributed by atoms with Crippen LogP contribution in [-0.4, -0.2) is 30.3 Å². The lowest BCUT2D eigenvalue weighted by Gasteiger charge is -2.13. The Labute approximate surface area is 164 Å². The molecule has 9 heteroatoms. The van der Waals surface area contributed by atoms with Crippen LogP contribution in [0.2, 0.25) is 0 Å². The number of nitrogens with zero attached hydrogens (tertiary/aromatic N) is 2. The number of carbonyl (C=O) groups is 1. The molecule has 2 aromatic rings. The number of halogens is 3. The van der Waals surface area contributed by atoms with Crippen molar-refractivity contribution in [2.24, 2.45) is 0 Å². The topological polar surface area (TPSA) is 75.0 Å². The molecule has 28 heavy (non-hydrogen) atoms. The van der Waals surface area contributed by atoms with Gasteiger partial charge in [-0.2, -0.15) is 18.4 Å². The third-order valence-corrected chi connectivity index (χ3v) is 4.76. The summed E-state index contributed by atoms with van der Waals surface area (Å²) in [5.41, 5.74) is -0.545. The van der Waals surface area contributed by atoms with Gasteiger partial charge < -0.3 is 10.1 Å². The summed E-state index contributed by atoms with van der Waals surface area (Å²) in [7, 11) is 1.56. The molecule has 0 aliphatic heterocycles. The first kappa shape index (κ1) is 21.6. The first-order chi connectivity index (χ1) is 13.3. The van der Waals surface area contributed by atoms with E-state index in [1.165, 1.54) is 6.92 Å². The van der Waals surface area contributed by atoms with Crippen LogP contribution < -0.4 is 10.1 Å². The minimum absolute atomic E-state index is 0.102. The zero-order valence-corrected chi connectivity index (χ0v) is 16.1. The van der Waals surface area contributed by atoms with Gasteiger partial charge in [-0.15, -0.1) is 0 Å². The summed E-state index contributed by atoms with van der Waals surface area (Å²) in [6.45, 7) is 1.76. The average Bonchev–Trinajstić information content (AvgIpc) is 2.65. The molecule has 5 nitrogen and oxygen atoms in total. The molecule has 0 radical (unpaired) electrons. The number of carbonyl (C=O) groups excluding carboxylic acids is 1. The number of hydrogen-bond donors (Lipinski definition) is 1. The van der Waals surface area contributed by atoms with Crippen molar-refractivity contribution in [1.29, 1.82) is 5.26 Å². The first-order valence-electron chi connectivity index (χ1n) is 8.26. The predicted molar refractivity (Wildman–Crippen MR) is 99.1 cm³/mol. The quantitative estimate of drug-likeness (QED) is 0.705. The van der Waals surface area contributed by atoms with Crippen molar-refractivity contribution in [2.45, 2.75) is 24.5 Å². The molecular formula is C19H18F3N3O2S. The number of hydrogen-bond acceptors (Lipinski definition) is 5. The second-order valence-corrected chi connectivity index (χ2v) is 6.77. The lowest BCUT2D eigenvalue weighted by molar-refractivity contribution is -0.138. The number of pyridine rings is 1. The molecule has 0 fully saturated rings. The van der Waals surface area contributed by atoms with Gasteiger partial charge in [-0.05, 0) is 31.0 Å². The standard InChI is InChI=1S/C19H18F3N3O2S/c1-12-9-15(19(20,21)22)14(10-23)18(25-12)28-11-17(26)24-8-7-13-5-3-4-6-16(13)27-2/h3-6,9H,7-8,11H2,1-2H3,(H,24,26). The van der Waals surface area contributed by atoms with Crippen molar-refractivity contribution in [3.05, 3.63) is 52.7 Å². The van der Waals surface area contributed by atoms with E-state index in [0.29, 0.717) is 18.7 Å². The van der Waals surface area contributed by atoms with Crippen LogP contribution in [0.1, 0.15) is 22.4 Å². The van der Waals surface area contributed by atoms with Gasteiger partial charge in [0, 0.05) is 12.2 Å². The molecule has 0 spiro atoms. The Morgan fingerprint density at radius 2 is 2.07 bits per heavy atom. The van der Waals surface area contributed by atoms with E-state index < -0.39 is 17.3 Å². The Balaban J connectivity index is 1.98. The number of thioether (sulfide) groups is 1. The van der Waals surface area contributed by atoms with Gasteiger partial charge >= 0.3 is 6.18 Å². The van der Waals surface area contributed by atoms with Gasteiger partial charge in [0.05, 0.1) is 24.0 Å². The van der Waals surface area contributed by atoms with Crippen LogP contribution in [0.15, 0.2) is 35.4 Å². The number of benzene rings is 1. The number of rotatable bonds is 7. The average molecular weight is 409 g/mol. The predicted octanol–water partition coefficient (Wildman–Crippen LogP) is 3.74. The van der Waals surface area contributed by atoms with Crippen LogP contribution in [-0.2, 0) is 17.4 Å². The van der Waals surface area contributed by atoms with Crippen LogP contribution in [0.3, 0.4) is 0 Å². The minimum Gasteiger partial charge on any atom is -0.496 e. The van der Waals surface area contributed by atoms with E-state index in [4.69, 9.17) is 10.00 Å². The lowest BCUT2D eigenvalue weighted by atomic mass is 10.1. The van der Waals surface area contributed by atoms with Crippen LogP contribution in [0.4, 0.5) is 13.2 Å². The molecule has 0 aliphatic rings. The minimum atomic E-state index is -4.66. The Bertz CT molecular complexity index is 895. The highest BCUT2D eigenvalue weighted by Crippen LogP contribution is 2.35. The summed E-state index contributed by atoms with van der Waals surface area (Å²) < 4.78 is 44.6. The highest BCUT2D eigenvalue weighted by Gasteiger charge is 2.35. The molecule has 0 unspecified atom stereocenters. The van der Waals surface area contributed by atoms with E-state index in [0.717, 1.165) is 23.4 Å². The summed E-state index contributed by atoms with van der Waals surface area (Å²) >= 11 is 0.808. The van der Waals surface area contributed by atoms with Crippen molar-refractivity contribution in [3.8, 4) is 11.8 Å². The van der Waals surface area contributed by atoms with E-state index in [-0.39, 0.29) is 22.4 Å². The Kier molecular flexibility index (Phi) is 7.29. The summed E-state index contributed by atoms with van der Waals surface area (Å²) in [5, 5.41) is 11.7. The number of methoxy groups -OCH3 is 1.